The van der Waals surface area contributed by atoms with E-state index in [1.165, 1.54) is 24.3 Å². The van der Waals surface area contributed by atoms with Gasteiger partial charge >= 0.3 is 5.97 Å². The molecule has 30 heavy (non-hydrogen) atoms. The van der Waals surface area contributed by atoms with Crippen molar-refractivity contribution in [1.82, 2.24) is 10.2 Å². The molecule has 3 aromatic rings. The maximum atomic E-state index is 12.8. The quantitative estimate of drug-likeness (QED) is 0.313. The molecule has 1 unspecified atom stereocenters. The monoisotopic (exact) mass is 411 g/mol. The lowest BCUT2D eigenvalue weighted by atomic mass is 9.79. The highest BCUT2D eigenvalue weighted by Crippen LogP contribution is 2.32. The molecule has 1 atom stereocenters. The second kappa shape index (κ2) is 8.73. The van der Waals surface area contributed by atoms with Gasteiger partial charge in [-0.1, -0.05) is 12.1 Å². The minimum absolute atomic E-state index is 0.0652. The number of ether oxygens (including phenoxy) is 2. The van der Waals surface area contributed by atoms with Crippen molar-refractivity contribution < 1.29 is 23.6 Å². The number of benzene rings is 2. The lowest BCUT2D eigenvalue weighted by Crippen LogP contribution is -2.37. The van der Waals surface area contributed by atoms with Crippen LogP contribution in [0.5, 0.6) is 5.75 Å². The molecule has 2 aromatic carbocycles. The lowest BCUT2D eigenvalue weighted by Gasteiger charge is -2.26. The number of hydrogen-bond acceptors (Lipinski definition) is 8. The Balaban J connectivity index is 1.90. The molecule has 156 valence electrons. The third kappa shape index (κ3) is 4.29. The zero-order valence-corrected chi connectivity index (χ0v) is 16.8. The molecule has 0 amide bonds. The number of nitro benzene ring substituents is 1. The van der Waals surface area contributed by atoms with Gasteiger partial charge in [0.15, 0.2) is 0 Å². The van der Waals surface area contributed by atoms with E-state index in [1.54, 1.807) is 45.2 Å². The number of methoxy groups -OCH3 is 1. The Morgan fingerprint density at radius 1 is 1.13 bits per heavy atom. The number of aromatic nitrogens is 2. The van der Waals surface area contributed by atoms with Gasteiger partial charge in [0.05, 0.1) is 24.1 Å². The van der Waals surface area contributed by atoms with Gasteiger partial charge in [0.25, 0.3) is 5.69 Å². The fourth-order valence-corrected chi connectivity index (χ4v) is 3.01. The van der Waals surface area contributed by atoms with Crippen LogP contribution in [0.2, 0.25) is 0 Å². The average Bonchev–Trinajstić information content (AvgIpc) is 3.22. The van der Waals surface area contributed by atoms with E-state index in [9.17, 15) is 14.9 Å². The van der Waals surface area contributed by atoms with Crippen molar-refractivity contribution in [2.45, 2.75) is 25.7 Å². The molecule has 0 radical (unpaired) electrons. The third-order valence-corrected chi connectivity index (χ3v) is 4.75. The average molecular weight is 411 g/mol. The largest absolute Gasteiger partial charge is 0.497 e. The fourth-order valence-electron chi connectivity index (χ4n) is 3.01. The molecule has 0 spiro atoms. The molecule has 0 bridgehead atoms. The number of non-ortho nitro benzene ring substituents is 1. The summed E-state index contributed by atoms with van der Waals surface area (Å²) < 4.78 is 16.2. The number of nitro groups is 1. The van der Waals surface area contributed by atoms with Crippen LogP contribution >= 0.6 is 0 Å². The first-order chi connectivity index (χ1) is 14.4. The second-order valence-corrected chi connectivity index (χ2v) is 6.76. The Morgan fingerprint density at radius 3 is 2.37 bits per heavy atom. The summed E-state index contributed by atoms with van der Waals surface area (Å²) in [4.78, 5) is 23.2. The van der Waals surface area contributed by atoms with E-state index in [0.717, 1.165) is 0 Å². The molecule has 0 saturated carbocycles. The van der Waals surface area contributed by atoms with Gasteiger partial charge in [0.2, 0.25) is 11.8 Å². The van der Waals surface area contributed by atoms with Crippen molar-refractivity contribution in [2.24, 2.45) is 0 Å². The van der Waals surface area contributed by atoms with E-state index >= 15 is 0 Å². The first-order valence-electron chi connectivity index (χ1n) is 9.26. The first-order valence-corrected chi connectivity index (χ1v) is 9.26. The summed E-state index contributed by atoms with van der Waals surface area (Å²) in [6, 6.07) is 12.9. The number of carbonyl (C=O) groups is 1. The van der Waals surface area contributed by atoms with Gasteiger partial charge in [0, 0.05) is 24.1 Å². The Bertz CT molecular complexity index is 1030. The van der Waals surface area contributed by atoms with E-state index in [1.807, 2.05) is 0 Å². The highest BCUT2D eigenvalue weighted by molar-refractivity contribution is 5.83. The molecule has 9 nitrogen and oxygen atoms in total. The summed E-state index contributed by atoms with van der Waals surface area (Å²) in [5, 5.41) is 19.1. The molecule has 9 heteroatoms. The highest BCUT2D eigenvalue weighted by Gasteiger charge is 2.39. The summed E-state index contributed by atoms with van der Waals surface area (Å²) in [7, 11) is 1.58. The maximum Gasteiger partial charge on any atom is 0.316 e. The van der Waals surface area contributed by atoms with Crippen LogP contribution in [0.4, 0.5) is 5.69 Å². The molecule has 0 N–H and O–H groups in total. The molecule has 0 fully saturated rings. The van der Waals surface area contributed by atoms with Gasteiger partial charge in [0.1, 0.15) is 5.75 Å². The van der Waals surface area contributed by atoms with Gasteiger partial charge < -0.3 is 13.9 Å². The van der Waals surface area contributed by atoms with Crippen LogP contribution in [0, 0.1) is 10.1 Å². The molecule has 1 aromatic heterocycles. The van der Waals surface area contributed by atoms with Crippen LogP contribution in [0.3, 0.4) is 0 Å². The Morgan fingerprint density at radius 2 is 1.80 bits per heavy atom. The van der Waals surface area contributed by atoms with E-state index in [4.69, 9.17) is 13.9 Å². The smallest absolute Gasteiger partial charge is 0.316 e. The molecule has 0 saturated heterocycles. The second-order valence-electron chi connectivity index (χ2n) is 6.76. The van der Waals surface area contributed by atoms with Crippen molar-refractivity contribution >= 4 is 11.7 Å². The van der Waals surface area contributed by atoms with E-state index in [2.05, 4.69) is 10.2 Å². The molecule has 3 rings (SSSR count). The maximum absolute atomic E-state index is 12.8. The van der Waals surface area contributed by atoms with Gasteiger partial charge in [-0.25, -0.2) is 0 Å². The van der Waals surface area contributed by atoms with Crippen LogP contribution in [0.25, 0.3) is 11.5 Å². The van der Waals surface area contributed by atoms with Gasteiger partial charge in [-0.05, 0) is 43.7 Å². The molecule has 1 heterocycles. The van der Waals surface area contributed by atoms with Crippen molar-refractivity contribution in [3.63, 3.8) is 0 Å². The van der Waals surface area contributed by atoms with Gasteiger partial charge in [-0.3, -0.25) is 14.9 Å². The van der Waals surface area contributed by atoms with Crippen LogP contribution in [0.15, 0.2) is 52.9 Å². The Kier molecular flexibility index (Phi) is 6.10. The third-order valence-electron chi connectivity index (χ3n) is 4.75. The SMILES string of the molecule is CCOC(=O)C(C)(Cc1nnc(-c2ccc(OC)cc2)o1)c1ccc([N+](=O)[O-])cc1. The van der Waals surface area contributed by atoms with Crippen molar-refractivity contribution in [3.8, 4) is 17.2 Å². The van der Waals surface area contributed by atoms with Gasteiger partial charge in [-0.15, -0.1) is 10.2 Å². The van der Waals surface area contributed by atoms with Crippen molar-refractivity contribution in [2.75, 3.05) is 13.7 Å². The summed E-state index contributed by atoms with van der Waals surface area (Å²) in [6.45, 7) is 3.59. The first kappa shape index (κ1) is 21.0. The van der Waals surface area contributed by atoms with Crippen molar-refractivity contribution in [3.05, 3.63) is 70.1 Å². The number of rotatable bonds is 8. The van der Waals surface area contributed by atoms with Gasteiger partial charge in [-0.2, -0.15) is 0 Å². The molecule has 0 aliphatic rings. The number of hydrogen-bond donors (Lipinski definition) is 0. The predicted molar refractivity (Wildman–Crippen MR) is 107 cm³/mol. The minimum atomic E-state index is -1.16. The van der Waals surface area contributed by atoms with E-state index in [0.29, 0.717) is 22.8 Å². The van der Waals surface area contributed by atoms with Crippen LogP contribution < -0.4 is 4.74 Å². The Labute approximate surface area is 172 Å². The van der Waals surface area contributed by atoms with Crippen LogP contribution in [-0.4, -0.2) is 34.8 Å². The normalized spacial score (nSPS) is 12.8. The molecule has 0 aliphatic heterocycles. The summed E-state index contributed by atoms with van der Waals surface area (Å²) in [6.07, 6.45) is 0.0762. The zero-order valence-electron chi connectivity index (χ0n) is 16.8. The summed E-state index contributed by atoms with van der Waals surface area (Å²) >= 11 is 0. The number of nitrogens with zero attached hydrogens (tertiary/aromatic N) is 3. The minimum Gasteiger partial charge on any atom is -0.497 e. The Hall–Kier alpha value is -3.75. The molecular weight excluding hydrogens is 390 g/mol. The van der Waals surface area contributed by atoms with Crippen molar-refractivity contribution in [1.29, 1.82) is 0 Å². The topological polar surface area (TPSA) is 118 Å². The van der Waals surface area contributed by atoms with E-state index < -0.39 is 16.3 Å². The number of carbonyl (C=O) groups excluding carboxylic acids is 1. The standard InChI is InChI=1S/C21H21N3O6/c1-4-29-20(25)21(2,15-7-9-16(10-8-15)24(26)27)13-18-22-23-19(30-18)14-5-11-17(28-3)12-6-14/h5-12H,4,13H2,1-3H3. The van der Waals surface area contributed by atoms with Crippen LogP contribution in [-0.2, 0) is 21.4 Å². The molecule has 0 aliphatic carbocycles. The zero-order chi connectivity index (χ0) is 21.7. The van der Waals surface area contributed by atoms with Crippen LogP contribution in [0.1, 0.15) is 25.3 Å². The summed E-state index contributed by atoms with van der Waals surface area (Å²) in [5.41, 5.74) is 0.0393. The lowest BCUT2D eigenvalue weighted by molar-refractivity contribution is -0.384. The molecular formula is C21H21N3O6. The predicted octanol–water partition coefficient (Wildman–Crippen LogP) is 3.72. The fraction of sp³-hybridized carbons (Fsp3) is 0.286. The van der Waals surface area contributed by atoms with E-state index in [-0.39, 0.29) is 24.6 Å². The highest BCUT2D eigenvalue weighted by atomic mass is 16.6. The number of esters is 1. The summed E-state index contributed by atoms with van der Waals surface area (Å²) in [5.74, 6) is 0.770.